The Balaban J connectivity index is 1.06. The molecule has 0 spiro atoms. The zero-order valence-electron chi connectivity index (χ0n) is 24.3. The number of aromatic nitrogens is 3. The second kappa shape index (κ2) is 12.1. The van der Waals surface area contributed by atoms with Crippen LogP contribution in [0.5, 0.6) is 5.88 Å². The highest BCUT2D eigenvalue weighted by Gasteiger charge is 2.25. The molecule has 4 heterocycles. The predicted molar refractivity (Wildman–Crippen MR) is 165 cm³/mol. The van der Waals surface area contributed by atoms with Crippen LogP contribution in [0.25, 0.3) is 16.6 Å². The van der Waals surface area contributed by atoms with Crippen molar-refractivity contribution in [2.75, 3.05) is 26.8 Å². The Morgan fingerprint density at radius 2 is 2.00 bits per heavy atom. The first-order valence-electron chi connectivity index (χ1n) is 15.1. The van der Waals surface area contributed by atoms with Crippen molar-refractivity contribution in [1.29, 1.82) is 0 Å². The average Bonchev–Trinajstić information content (AvgIpc) is 3.34. The molecule has 4 aromatic rings. The zero-order chi connectivity index (χ0) is 29.3. The van der Waals surface area contributed by atoms with Crippen molar-refractivity contribution >= 4 is 34.2 Å². The van der Waals surface area contributed by atoms with Gasteiger partial charge in [0.2, 0.25) is 5.88 Å². The van der Waals surface area contributed by atoms with Gasteiger partial charge in [0.1, 0.15) is 11.9 Å². The molecule has 222 valence electrons. The highest BCUT2D eigenvalue weighted by molar-refractivity contribution is 6.30. The molecule has 43 heavy (non-hydrogen) atoms. The van der Waals surface area contributed by atoms with Crippen molar-refractivity contribution in [3.8, 4) is 5.88 Å². The third-order valence-corrected chi connectivity index (χ3v) is 9.00. The van der Waals surface area contributed by atoms with Gasteiger partial charge in [-0.05, 0) is 85.2 Å². The highest BCUT2D eigenvalue weighted by Crippen LogP contribution is 2.35. The highest BCUT2D eigenvalue weighted by atomic mass is 35.5. The Bertz CT molecular complexity index is 1700. The van der Waals surface area contributed by atoms with E-state index in [-0.39, 0.29) is 18.2 Å². The normalized spacial score (nSPS) is 20.3. The van der Waals surface area contributed by atoms with E-state index in [9.17, 15) is 4.79 Å². The summed E-state index contributed by atoms with van der Waals surface area (Å²) in [6.07, 6.45) is 7.44. The quantitative estimate of drug-likeness (QED) is 0.217. The molecule has 3 aliphatic rings. The molecule has 0 saturated carbocycles. The monoisotopic (exact) mass is 598 g/mol. The number of nitrogens with zero attached hydrogens (tertiary/aromatic N) is 4. The van der Waals surface area contributed by atoms with Gasteiger partial charge in [-0.1, -0.05) is 29.8 Å². The number of carbonyl (C=O) groups excluding carboxylic acids is 1. The summed E-state index contributed by atoms with van der Waals surface area (Å²) in [7, 11) is 1.40. The van der Waals surface area contributed by atoms with Gasteiger partial charge < -0.3 is 18.8 Å². The number of carbonyl (C=O) groups is 1. The zero-order valence-corrected chi connectivity index (χ0v) is 25.1. The van der Waals surface area contributed by atoms with Crippen LogP contribution in [-0.4, -0.2) is 58.3 Å². The Morgan fingerprint density at radius 1 is 1.09 bits per heavy atom. The number of pyridine rings is 1. The minimum Gasteiger partial charge on any atom is -0.469 e. The number of imidazole rings is 1. The first kappa shape index (κ1) is 28.1. The number of hydrogen-bond acceptors (Lipinski definition) is 7. The number of methoxy groups -OCH3 is 1. The van der Waals surface area contributed by atoms with Gasteiger partial charge >= 0.3 is 5.97 Å². The molecular weight excluding hydrogens is 564 g/mol. The summed E-state index contributed by atoms with van der Waals surface area (Å²) in [5, 5.41) is 0.773. The van der Waals surface area contributed by atoms with E-state index in [1.807, 2.05) is 30.3 Å². The Morgan fingerprint density at radius 3 is 2.79 bits per heavy atom. The largest absolute Gasteiger partial charge is 0.469 e. The van der Waals surface area contributed by atoms with E-state index < -0.39 is 0 Å². The molecule has 1 fully saturated rings. The number of fused-ring (bicyclic) bond motifs is 2. The van der Waals surface area contributed by atoms with Crippen LogP contribution in [0.15, 0.2) is 60.7 Å². The molecule has 2 aromatic heterocycles. The first-order valence-corrected chi connectivity index (χ1v) is 15.4. The molecular formula is C34H35ClN4O4. The molecule has 1 unspecified atom stereocenters. The molecule has 7 rings (SSSR count). The third-order valence-electron chi connectivity index (χ3n) is 8.77. The van der Waals surface area contributed by atoms with Gasteiger partial charge in [0.05, 0.1) is 48.6 Å². The van der Waals surface area contributed by atoms with Crippen molar-refractivity contribution in [2.24, 2.45) is 0 Å². The molecule has 0 radical (unpaired) electrons. The summed E-state index contributed by atoms with van der Waals surface area (Å²) >= 11 is 6.23. The lowest BCUT2D eigenvalue weighted by Gasteiger charge is -2.29. The summed E-state index contributed by atoms with van der Waals surface area (Å²) in [5.74, 6) is 1.29. The summed E-state index contributed by atoms with van der Waals surface area (Å²) in [4.78, 5) is 24.5. The van der Waals surface area contributed by atoms with E-state index in [1.165, 1.54) is 23.8 Å². The predicted octanol–water partition coefficient (Wildman–Crippen LogP) is 6.41. The number of halogens is 1. The maximum atomic E-state index is 12.2. The fourth-order valence-electron chi connectivity index (χ4n) is 6.33. The van der Waals surface area contributed by atoms with E-state index in [1.54, 1.807) is 6.07 Å². The molecule has 1 saturated heterocycles. The van der Waals surface area contributed by atoms with Crippen LogP contribution >= 0.6 is 11.6 Å². The van der Waals surface area contributed by atoms with Crippen molar-refractivity contribution in [3.63, 3.8) is 0 Å². The molecule has 1 aliphatic carbocycles. The van der Waals surface area contributed by atoms with E-state index in [0.29, 0.717) is 18.0 Å². The van der Waals surface area contributed by atoms with Gasteiger partial charge in [-0.3, -0.25) is 4.90 Å². The molecule has 0 amide bonds. The molecule has 0 bridgehead atoms. The average molecular weight is 599 g/mol. The molecule has 8 nitrogen and oxygen atoms in total. The lowest BCUT2D eigenvalue weighted by atomic mass is 9.89. The van der Waals surface area contributed by atoms with Gasteiger partial charge in [0.15, 0.2) is 0 Å². The van der Waals surface area contributed by atoms with Crippen molar-refractivity contribution in [2.45, 2.75) is 57.4 Å². The summed E-state index contributed by atoms with van der Waals surface area (Å²) < 4.78 is 19.3. The molecule has 2 aliphatic heterocycles. The van der Waals surface area contributed by atoms with Crippen molar-refractivity contribution < 1.29 is 19.0 Å². The van der Waals surface area contributed by atoms with Crippen LogP contribution in [0.1, 0.15) is 64.8 Å². The van der Waals surface area contributed by atoms with Gasteiger partial charge in [0.25, 0.3) is 0 Å². The summed E-state index contributed by atoms with van der Waals surface area (Å²) in [6.45, 7) is 3.92. The number of esters is 1. The van der Waals surface area contributed by atoms with Crippen LogP contribution in [-0.2, 0) is 29.0 Å². The second-order valence-corrected chi connectivity index (χ2v) is 12.0. The molecule has 2 atom stereocenters. The number of rotatable bonds is 8. The van der Waals surface area contributed by atoms with Crippen LogP contribution in [0.3, 0.4) is 0 Å². The second-order valence-electron chi connectivity index (χ2n) is 11.5. The van der Waals surface area contributed by atoms with Crippen molar-refractivity contribution in [3.05, 3.63) is 93.9 Å². The van der Waals surface area contributed by atoms with Crippen LogP contribution in [0.4, 0.5) is 0 Å². The third kappa shape index (κ3) is 5.92. The number of benzene rings is 2. The van der Waals surface area contributed by atoms with Crippen LogP contribution in [0, 0.1) is 0 Å². The number of hydrogen-bond donors (Lipinski definition) is 0. The summed E-state index contributed by atoms with van der Waals surface area (Å²) in [5.41, 5.74) is 7.02. The topological polar surface area (TPSA) is 78.7 Å². The Kier molecular flexibility index (Phi) is 7.91. The van der Waals surface area contributed by atoms with E-state index in [2.05, 4.69) is 33.7 Å². The van der Waals surface area contributed by atoms with Gasteiger partial charge in [-0.25, -0.2) is 14.8 Å². The molecule has 2 aromatic carbocycles. The number of ether oxygens (including phenoxy) is 3. The van der Waals surface area contributed by atoms with Gasteiger partial charge in [-0.15, -0.1) is 0 Å². The maximum Gasteiger partial charge on any atom is 0.337 e. The lowest BCUT2D eigenvalue weighted by molar-refractivity contribution is -0.0591. The lowest BCUT2D eigenvalue weighted by Crippen LogP contribution is -2.33. The van der Waals surface area contributed by atoms with Crippen molar-refractivity contribution in [1.82, 2.24) is 19.4 Å². The number of aryl methyl sites for hydroxylation is 1. The maximum absolute atomic E-state index is 12.2. The fraction of sp³-hybridized carbons (Fsp3) is 0.382. The van der Waals surface area contributed by atoms with Gasteiger partial charge in [-0.2, -0.15) is 0 Å². The SMILES string of the molecule is COC(=O)c1ccc2nc(CN3CC=C(c4cccc(OC5CCCc6cc(Cl)ccc65)n4)CC3)n(C[C@@H]3CCO3)c2c1. The summed E-state index contributed by atoms with van der Waals surface area (Å²) in [6, 6.07) is 17.7. The smallest absolute Gasteiger partial charge is 0.337 e. The first-order chi connectivity index (χ1) is 21.0. The fourth-order valence-corrected chi connectivity index (χ4v) is 6.52. The minimum absolute atomic E-state index is 0.00659. The standard InChI is InChI=1S/C34H35ClN4O4/c1-41-34(40)24-8-11-29-30(19-24)39(20-26-14-17-42-26)32(36-29)21-38-15-12-22(13-16-38)28-5-3-7-33(37-28)43-31-6-2-4-23-18-25(35)9-10-27(23)31/h3,5,7-12,18-19,26,31H,2,4,6,13-17,20-21H2,1H3/t26-,31?/m0/s1. The molecule has 9 heteroatoms. The van der Waals surface area contributed by atoms with Crippen LogP contribution in [0.2, 0.25) is 5.02 Å². The van der Waals surface area contributed by atoms with E-state index >= 15 is 0 Å². The Hall–Kier alpha value is -3.72. The molecule has 0 N–H and O–H groups in total. The van der Waals surface area contributed by atoms with Crippen LogP contribution < -0.4 is 4.74 Å². The Labute approximate surface area is 256 Å². The van der Waals surface area contributed by atoms with E-state index in [0.717, 1.165) is 85.9 Å². The van der Waals surface area contributed by atoms with Gasteiger partial charge in [0, 0.05) is 30.8 Å². The van der Waals surface area contributed by atoms with E-state index in [4.69, 9.17) is 35.8 Å². The minimum atomic E-state index is -0.346.